The van der Waals surface area contributed by atoms with E-state index in [1.165, 1.54) is 12.1 Å². The van der Waals surface area contributed by atoms with E-state index < -0.39 is 0 Å². The highest BCUT2D eigenvalue weighted by atomic mass is 35.5. The van der Waals surface area contributed by atoms with Gasteiger partial charge in [0, 0.05) is 37.8 Å². The zero-order chi connectivity index (χ0) is 17.5. The van der Waals surface area contributed by atoms with Gasteiger partial charge in [-0.3, -0.25) is 4.90 Å². The first-order valence-corrected chi connectivity index (χ1v) is 8.97. The third-order valence-corrected chi connectivity index (χ3v) is 5.37. The summed E-state index contributed by atoms with van der Waals surface area (Å²) < 4.78 is 15.2. The van der Waals surface area contributed by atoms with Crippen molar-refractivity contribution >= 4 is 12.4 Å². The summed E-state index contributed by atoms with van der Waals surface area (Å²) in [5.41, 5.74) is 4.36. The van der Waals surface area contributed by atoms with Crippen LogP contribution < -0.4 is 5.32 Å². The van der Waals surface area contributed by atoms with Crippen molar-refractivity contribution in [3.05, 3.63) is 71.7 Å². The van der Waals surface area contributed by atoms with Crippen LogP contribution in [0.2, 0.25) is 0 Å². The number of rotatable bonds is 3. The second-order valence-corrected chi connectivity index (χ2v) is 7.07. The van der Waals surface area contributed by atoms with Gasteiger partial charge in [-0.25, -0.2) is 9.07 Å². The van der Waals surface area contributed by atoms with Gasteiger partial charge < -0.3 is 5.32 Å². The maximum absolute atomic E-state index is 13.1. The molecule has 1 aromatic heterocycles. The molecule has 0 spiro atoms. The number of likely N-dealkylation sites (tertiary alicyclic amines) is 1. The van der Waals surface area contributed by atoms with E-state index in [-0.39, 0.29) is 24.3 Å². The molecule has 3 aromatic rings. The van der Waals surface area contributed by atoms with Gasteiger partial charge in [-0.2, -0.15) is 0 Å². The number of aromatic nitrogens is 3. The summed E-state index contributed by atoms with van der Waals surface area (Å²) in [6.45, 7) is 3.48. The smallest absolute Gasteiger partial charge is 0.123 e. The van der Waals surface area contributed by atoms with Gasteiger partial charge in [-0.15, -0.1) is 17.5 Å². The Morgan fingerprint density at radius 2 is 1.81 bits per heavy atom. The van der Waals surface area contributed by atoms with E-state index >= 15 is 0 Å². The minimum atomic E-state index is -0.189. The first-order chi connectivity index (χ1) is 12.8. The van der Waals surface area contributed by atoms with Crippen LogP contribution in [0.5, 0.6) is 0 Å². The molecule has 7 heteroatoms. The van der Waals surface area contributed by atoms with Crippen LogP contribution in [0.15, 0.2) is 54.6 Å². The Hall–Kier alpha value is -2.28. The molecule has 0 amide bonds. The van der Waals surface area contributed by atoms with Crippen LogP contribution in [-0.2, 0) is 13.1 Å². The normalized spacial score (nSPS) is 21.4. The fourth-order valence-corrected chi connectivity index (χ4v) is 4.08. The minimum Gasteiger partial charge on any atom is -0.305 e. The quantitative estimate of drug-likeness (QED) is 0.752. The summed E-state index contributed by atoms with van der Waals surface area (Å²) in [5.74, 6) is -0.189. The second-order valence-electron chi connectivity index (χ2n) is 7.07. The summed E-state index contributed by atoms with van der Waals surface area (Å²) in [4.78, 5) is 2.40. The SMILES string of the molecule is Cl.Fc1ccc(CN2C[C@@H]3[C@@H](C2)NCc2c(-c4ccccc4)nnn23)cc1. The molecule has 2 aliphatic heterocycles. The number of benzene rings is 2. The van der Waals surface area contributed by atoms with Crippen LogP contribution in [0.3, 0.4) is 0 Å². The number of fused-ring (bicyclic) bond motifs is 3. The van der Waals surface area contributed by atoms with Crippen LogP contribution in [0.25, 0.3) is 11.3 Å². The summed E-state index contributed by atoms with van der Waals surface area (Å²) >= 11 is 0. The molecular weight excluding hydrogens is 365 g/mol. The Kier molecular flexibility index (Phi) is 4.95. The summed E-state index contributed by atoms with van der Waals surface area (Å²) in [6.07, 6.45) is 0. The standard InChI is InChI=1S/C20H20FN5.ClH/c21-16-8-6-14(7-9-16)11-25-12-17-19(13-25)26-18(10-22-17)20(23-24-26)15-4-2-1-3-5-15;/h1-9,17,19,22H,10-13H2;1H/t17-,19-;/m1./s1. The van der Waals surface area contributed by atoms with E-state index in [1.54, 1.807) is 0 Å². The topological polar surface area (TPSA) is 46.0 Å². The first kappa shape index (κ1) is 18.1. The van der Waals surface area contributed by atoms with E-state index in [9.17, 15) is 4.39 Å². The van der Waals surface area contributed by atoms with E-state index in [2.05, 4.69) is 37.3 Å². The highest BCUT2D eigenvalue weighted by Crippen LogP contribution is 2.31. The molecule has 2 atom stereocenters. The lowest BCUT2D eigenvalue weighted by Crippen LogP contribution is -2.42. The van der Waals surface area contributed by atoms with E-state index in [0.29, 0.717) is 6.04 Å². The molecule has 5 nitrogen and oxygen atoms in total. The summed E-state index contributed by atoms with van der Waals surface area (Å²) in [7, 11) is 0. The molecule has 1 fully saturated rings. The zero-order valence-electron chi connectivity index (χ0n) is 14.8. The minimum absolute atomic E-state index is 0. The van der Waals surface area contributed by atoms with Crippen molar-refractivity contribution in [2.24, 2.45) is 0 Å². The Morgan fingerprint density at radius 1 is 1.04 bits per heavy atom. The molecular formula is C20H21ClFN5. The molecule has 1 N–H and O–H groups in total. The fourth-order valence-electron chi connectivity index (χ4n) is 4.08. The zero-order valence-corrected chi connectivity index (χ0v) is 15.6. The molecule has 0 aliphatic carbocycles. The van der Waals surface area contributed by atoms with Gasteiger partial charge in [-0.1, -0.05) is 47.7 Å². The second kappa shape index (κ2) is 7.38. The fraction of sp³-hybridized carbons (Fsp3) is 0.300. The van der Waals surface area contributed by atoms with Crippen molar-refractivity contribution in [3.8, 4) is 11.3 Å². The van der Waals surface area contributed by atoms with Crippen molar-refractivity contribution in [1.29, 1.82) is 0 Å². The first-order valence-electron chi connectivity index (χ1n) is 8.97. The Morgan fingerprint density at radius 3 is 2.59 bits per heavy atom. The maximum atomic E-state index is 13.1. The number of hydrogen-bond acceptors (Lipinski definition) is 4. The Bertz CT molecular complexity index is 912. The summed E-state index contributed by atoms with van der Waals surface area (Å²) in [5, 5.41) is 12.6. The molecule has 27 heavy (non-hydrogen) atoms. The van der Waals surface area contributed by atoms with Crippen LogP contribution in [-0.4, -0.2) is 39.0 Å². The number of nitrogens with zero attached hydrogens (tertiary/aromatic N) is 4. The average Bonchev–Trinajstić information content (AvgIpc) is 3.27. The molecule has 0 radical (unpaired) electrons. The maximum Gasteiger partial charge on any atom is 0.123 e. The van der Waals surface area contributed by atoms with Crippen molar-refractivity contribution in [1.82, 2.24) is 25.2 Å². The lowest BCUT2D eigenvalue weighted by atomic mass is 10.1. The van der Waals surface area contributed by atoms with E-state index in [1.807, 2.05) is 30.3 Å². The van der Waals surface area contributed by atoms with Gasteiger partial charge in [0.2, 0.25) is 0 Å². The molecule has 1 saturated heterocycles. The van der Waals surface area contributed by atoms with Crippen molar-refractivity contribution in [3.63, 3.8) is 0 Å². The number of halogens is 2. The summed E-state index contributed by atoms with van der Waals surface area (Å²) in [6, 6.07) is 17.6. The van der Waals surface area contributed by atoms with Crippen LogP contribution in [0.1, 0.15) is 17.3 Å². The van der Waals surface area contributed by atoms with Crippen LogP contribution in [0.4, 0.5) is 4.39 Å². The molecule has 3 heterocycles. The van der Waals surface area contributed by atoms with Crippen molar-refractivity contribution < 1.29 is 4.39 Å². The lowest BCUT2D eigenvalue weighted by Gasteiger charge is -2.27. The third kappa shape index (κ3) is 3.36. The van der Waals surface area contributed by atoms with Gasteiger partial charge in [0.15, 0.2) is 0 Å². The molecule has 0 bridgehead atoms. The number of hydrogen-bond donors (Lipinski definition) is 1. The average molecular weight is 386 g/mol. The van der Waals surface area contributed by atoms with E-state index in [4.69, 9.17) is 0 Å². The van der Waals surface area contributed by atoms with Gasteiger partial charge in [0.25, 0.3) is 0 Å². The lowest BCUT2D eigenvalue weighted by molar-refractivity contribution is 0.307. The predicted molar refractivity (Wildman–Crippen MR) is 104 cm³/mol. The van der Waals surface area contributed by atoms with Crippen LogP contribution >= 0.6 is 12.4 Å². The van der Waals surface area contributed by atoms with Crippen LogP contribution in [0, 0.1) is 5.82 Å². The molecule has 2 aliphatic rings. The number of nitrogens with one attached hydrogen (secondary N) is 1. The predicted octanol–water partition coefficient (Wildman–Crippen LogP) is 3.03. The molecule has 2 aromatic carbocycles. The largest absolute Gasteiger partial charge is 0.305 e. The molecule has 0 saturated carbocycles. The Balaban J connectivity index is 0.00000180. The van der Waals surface area contributed by atoms with Gasteiger partial charge in [0.1, 0.15) is 11.5 Å². The highest BCUT2D eigenvalue weighted by molar-refractivity contribution is 5.85. The van der Waals surface area contributed by atoms with Gasteiger partial charge >= 0.3 is 0 Å². The Labute approximate surface area is 163 Å². The van der Waals surface area contributed by atoms with E-state index in [0.717, 1.165) is 48.7 Å². The highest BCUT2D eigenvalue weighted by Gasteiger charge is 2.39. The van der Waals surface area contributed by atoms with Crippen molar-refractivity contribution in [2.75, 3.05) is 13.1 Å². The van der Waals surface area contributed by atoms with Crippen molar-refractivity contribution in [2.45, 2.75) is 25.2 Å². The third-order valence-electron chi connectivity index (χ3n) is 5.37. The van der Waals surface area contributed by atoms with Gasteiger partial charge in [-0.05, 0) is 17.7 Å². The molecule has 0 unspecified atom stereocenters. The molecule has 5 rings (SSSR count). The van der Waals surface area contributed by atoms with Gasteiger partial charge in [0.05, 0.1) is 11.7 Å². The molecule has 140 valence electrons. The monoisotopic (exact) mass is 385 g/mol.